The maximum atomic E-state index is 13.5. The highest BCUT2D eigenvalue weighted by Gasteiger charge is 2.30. The topological polar surface area (TPSA) is 26.0 Å². The Hall–Kier alpha value is -1.88. The number of nitrogens with two attached hydrogens (primary N) is 1. The Balaban J connectivity index is 2.06. The van der Waals surface area contributed by atoms with E-state index in [4.69, 9.17) is 5.73 Å². The fourth-order valence-corrected chi connectivity index (χ4v) is 2.20. The first kappa shape index (κ1) is 15.5. The number of halogens is 4. The first-order valence-corrected chi connectivity index (χ1v) is 6.51. The van der Waals surface area contributed by atoms with E-state index in [0.717, 1.165) is 12.1 Å². The second-order valence-corrected chi connectivity index (χ2v) is 4.96. The van der Waals surface area contributed by atoms with Gasteiger partial charge >= 0.3 is 6.18 Å². The van der Waals surface area contributed by atoms with Crippen molar-refractivity contribution in [2.24, 2.45) is 5.73 Å². The molecule has 0 bridgehead atoms. The van der Waals surface area contributed by atoms with Gasteiger partial charge in [-0.3, -0.25) is 0 Å². The van der Waals surface area contributed by atoms with Gasteiger partial charge in [0.2, 0.25) is 0 Å². The molecule has 0 aliphatic rings. The summed E-state index contributed by atoms with van der Waals surface area (Å²) in [5.41, 5.74) is 6.19. The maximum Gasteiger partial charge on any atom is 0.416 e. The number of hydrogen-bond donors (Lipinski definition) is 1. The second kappa shape index (κ2) is 6.26. The molecule has 0 saturated heterocycles. The van der Waals surface area contributed by atoms with E-state index in [1.54, 1.807) is 24.3 Å². The molecular weight excluding hydrogens is 282 g/mol. The predicted molar refractivity (Wildman–Crippen MR) is 73.2 cm³/mol. The summed E-state index contributed by atoms with van der Waals surface area (Å²) in [6.07, 6.45) is -3.83. The Morgan fingerprint density at radius 1 is 0.952 bits per heavy atom. The molecule has 5 heteroatoms. The van der Waals surface area contributed by atoms with Crippen molar-refractivity contribution >= 4 is 0 Å². The van der Waals surface area contributed by atoms with E-state index in [-0.39, 0.29) is 18.7 Å². The van der Waals surface area contributed by atoms with Crippen molar-refractivity contribution in [2.45, 2.75) is 25.1 Å². The van der Waals surface area contributed by atoms with Crippen molar-refractivity contribution in [2.75, 3.05) is 0 Å². The Kier molecular flexibility index (Phi) is 4.63. The van der Waals surface area contributed by atoms with Crippen LogP contribution in [0.1, 0.15) is 16.7 Å². The third kappa shape index (κ3) is 4.29. The summed E-state index contributed by atoms with van der Waals surface area (Å²) in [5.74, 6) is -0.350. The largest absolute Gasteiger partial charge is 0.416 e. The van der Waals surface area contributed by atoms with E-state index in [9.17, 15) is 17.6 Å². The van der Waals surface area contributed by atoms with Gasteiger partial charge in [-0.1, -0.05) is 36.4 Å². The lowest BCUT2D eigenvalue weighted by Crippen LogP contribution is -2.26. The van der Waals surface area contributed by atoms with Gasteiger partial charge < -0.3 is 5.73 Å². The highest BCUT2D eigenvalue weighted by Crippen LogP contribution is 2.29. The Morgan fingerprint density at radius 2 is 1.67 bits per heavy atom. The molecule has 1 atom stereocenters. The Labute approximate surface area is 120 Å². The standard InChI is InChI=1S/C16H15F4N/c17-15-7-2-1-5-12(15)10-14(21)9-11-4-3-6-13(8-11)16(18,19)20/h1-8,14H,9-10,21H2. The molecular formula is C16H15F4N. The summed E-state index contributed by atoms with van der Waals surface area (Å²) < 4.78 is 51.4. The molecule has 1 unspecified atom stereocenters. The van der Waals surface area contributed by atoms with Crippen LogP contribution in [0.4, 0.5) is 17.6 Å². The van der Waals surface area contributed by atoms with Crippen molar-refractivity contribution in [1.29, 1.82) is 0 Å². The average molecular weight is 297 g/mol. The van der Waals surface area contributed by atoms with Crippen molar-refractivity contribution in [3.63, 3.8) is 0 Å². The van der Waals surface area contributed by atoms with Crippen LogP contribution >= 0.6 is 0 Å². The van der Waals surface area contributed by atoms with Crippen LogP contribution in [0.25, 0.3) is 0 Å². The van der Waals surface area contributed by atoms with Crippen LogP contribution in [0.2, 0.25) is 0 Å². The monoisotopic (exact) mass is 297 g/mol. The van der Waals surface area contributed by atoms with Crippen LogP contribution in [-0.4, -0.2) is 6.04 Å². The predicted octanol–water partition coefficient (Wildman–Crippen LogP) is 3.96. The smallest absolute Gasteiger partial charge is 0.327 e. The molecule has 2 N–H and O–H groups in total. The summed E-state index contributed by atoms with van der Waals surface area (Å²) in [6, 6.07) is 10.9. The quantitative estimate of drug-likeness (QED) is 0.849. The normalized spacial score (nSPS) is 13.2. The minimum absolute atomic E-state index is 0.262. The second-order valence-electron chi connectivity index (χ2n) is 4.96. The van der Waals surface area contributed by atoms with Gasteiger partial charge in [0, 0.05) is 6.04 Å². The molecule has 0 aromatic heterocycles. The van der Waals surface area contributed by atoms with Crippen molar-refractivity contribution < 1.29 is 17.6 Å². The van der Waals surface area contributed by atoms with Gasteiger partial charge in [-0.15, -0.1) is 0 Å². The van der Waals surface area contributed by atoms with Crippen LogP contribution in [-0.2, 0) is 19.0 Å². The molecule has 2 rings (SSSR count). The lowest BCUT2D eigenvalue weighted by atomic mass is 9.98. The zero-order valence-electron chi connectivity index (χ0n) is 11.2. The van der Waals surface area contributed by atoms with Crippen LogP contribution in [0.3, 0.4) is 0 Å². The van der Waals surface area contributed by atoms with Gasteiger partial charge in [0.25, 0.3) is 0 Å². The SMILES string of the molecule is NC(Cc1cccc(C(F)(F)F)c1)Cc1ccccc1F. The van der Waals surface area contributed by atoms with Gasteiger partial charge in [0.1, 0.15) is 5.82 Å². The number of alkyl halides is 3. The Bertz CT molecular complexity index is 607. The summed E-state index contributed by atoms with van der Waals surface area (Å²) in [6.45, 7) is 0. The van der Waals surface area contributed by atoms with E-state index < -0.39 is 17.8 Å². The molecule has 0 saturated carbocycles. The third-order valence-electron chi connectivity index (χ3n) is 3.19. The molecule has 2 aromatic carbocycles. The average Bonchev–Trinajstić information content (AvgIpc) is 2.41. The minimum Gasteiger partial charge on any atom is -0.327 e. The van der Waals surface area contributed by atoms with Crippen LogP contribution in [0, 0.1) is 5.82 Å². The van der Waals surface area contributed by atoms with Crippen LogP contribution < -0.4 is 5.73 Å². The highest BCUT2D eigenvalue weighted by molar-refractivity contribution is 5.27. The molecule has 0 radical (unpaired) electrons. The van der Waals surface area contributed by atoms with E-state index in [2.05, 4.69) is 0 Å². The minimum atomic E-state index is -4.37. The van der Waals surface area contributed by atoms with Crippen LogP contribution in [0.5, 0.6) is 0 Å². The molecule has 0 amide bonds. The first-order valence-electron chi connectivity index (χ1n) is 6.51. The molecule has 0 spiro atoms. The molecule has 0 fully saturated rings. The van der Waals surface area contributed by atoms with E-state index >= 15 is 0 Å². The van der Waals surface area contributed by atoms with Gasteiger partial charge in [0.15, 0.2) is 0 Å². The Morgan fingerprint density at radius 3 is 2.33 bits per heavy atom. The maximum absolute atomic E-state index is 13.5. The fraction of sp³-hybridized carbons (Fsp3) is 0.250. The van der Waals surface area contributed by atoms with E-state index in [1.165, 1.54) is 12.1 Å². The molecule has 0 aliphatic carbocycles. The van der Waals surface area contributed by atoms with E-state index in [0.29, 0.717) is 11.1 Å². The molecule has 112 valence electrons. The molecule has 2 aromatic rings. The van der Waals surface area contributed by atoms with Crippen molar-refractivity contribution in [3.8, 4) is 0 Å². The number of hydrogen-bond acceptors (Lipinski definition) is 1. The van der Waals surface area contributed by atoms with E-state index in [1.807, 2.05) is 0 Å². The first-order chi connectivity index (χ1) is 9.86. The summed E-state index contributed by atoms with van der Waals surface area (Å²) in [5, 5.41) is 0. The van der Waals surface area contributed by atoms with Crippen molar-refractivity contribution in [3.05, 3.63) is 71.0 Å². The van der Waals surface area contributed by atoms with Gasteiger partial charge in [0.05, 0.1) is 5.56 Å². The van der Waals surface area contributed by atoms with Gasteiger partial charge in [-0.25, -0.2) is 4.39 Å². The molecule has 21 heavy (non-hydrogen) atoms. The van der Waals surface area contributed by atoms with Crippen molar-refractivity contribution in [1.82, 2.24) is 0 Å². The zero-order chi connectivity index (χ0) is 15.5. The summed E-state index contributed by atoms with van der Waals surface area (Å²) in [7, 11) is 0. The molecule has 1 nitrogen and oxygen atoms in total. The lowest BCUT2D eigenvalue weighted by molar-refractivity contribution is -0.137. The number of rotatable bonds is 4. The van der Waals surface area contributed by atoms with Gasteiger partial charge in [-0.2, -0.15) is 13.2 Å². The molecule has 0 aliphatic heterocycles. The lowest BCUT2D eigenvalue weighted by Gasteiger charge is -2.14. The summed E-state index contributed by atoms with van der Waals surface area (Å²) in [4.78, 5) is 0. The number of benzene rings is 2. The molecule has 0 heterocycles. The highest BCUT2D eigenvalue weighted by atomic mass is 19.4. The zero-order valence-corrected chi connectivity index (χ0v) is 11.2. The summed E-state index contributed by atoms with van der Waals surface area (Å²) >= 11 is 0. The van der Waals surface area contributed by atoms with Crippen LogP contribution in [0.15, 0.2) is 48.5 Å². The third-order valence-corrected chi connectivity index (χ3v) is 3.19. The fourth-order valence-electron chi connectivity index (χ4n) is 2.20. The van der Waals surface area contributed by atoms with Gasteiger partial charge in [-0.05, 0) is 36.1 Å².